The molecule has 0 bridgehead atoms. The molecule has 4 rings (SSSR count). The number of pyridine rings is 1. The lowest BCUT2D eigenvalue weighted by Crippen LogP contribution is -1.83. The second kappa shape index (κ2) is 5.43. The van der Waals surface area contributed by atoms with Crippen molar-refractivity contribution in [3.8, 4) is 23.2 Å². The Kier molecular flexibility index (Phi) is 3.13. The van der Waals surface area contributed by atoms with Crippen molar-refractivity contribution in [2.45, 2.75) is 6.92 Å². The zero-order chi connectivity index (χ0) is 15.6. The Hall–Kier alpha value is -3.39. The number of fused-ring (bicyclic) bond motifs is 1. The van der Waals surface area contributed by atoms with Gasteiger partial charge >= 0.3 is 0 Å². The van der Waals surface area contributed by atoms with Crippen molar-refractivity contribution < 1.29 is 4.52 Å². The van der Waals surface area contributed by atoms with Crippen molar-refractivity contribution in [1.29, 1.82) is 0 Å². The molecule has 23 heavy (non-hydrogen) atoms. The van der Waals surface area contributed by atoms with Crippen LogP contribution in [0.1, 0.15) is 17.0 Å². The van der Waals surface area contributed by atoms with Crippen LogP contribution in [-0.4, -0.2) is 20.1 Å². The molecule has 0 aliphatic carbocycles. The second-order valence-electron chi connectivity index (χ2n) is 5.06. The fourth-order valence-corrected chi connectivity index (χ4v) is 2.33. The smallest absolute Gasteiger partial charge is 0.223 e. The molecule has 5 nitrogen and oxygen atoms in total. The SMILES string of the molecule is Cc1nc(-c2ccc(C#Cc3ccnc4[nH]ccc34)cc2)no1. The van der Waals surface area contributed by atoms with Crippen LogP contribution in [0.25, 0.3) is 22.4 Å². The zero-order valence-corrected chi connectivity index (χ0v) is 12.4. The van der Waals surface area contributed by atoms with Gasteiger partial charge in [-0.25, -0.2) is 4.98 Å². The second-order valence-corrected chi connectivity index (χ2v) is 5.06. The standard InChI is InChI=1S/C18H12N4O/c1-12-21-17(22-23-12)15-6-3-13(4-7-15)2-5-14-8-10-19-18-16(14)9-11-20-18/h3-4,6-11H,1H3,(H,19,20). The number of aromatic nitrogens is 4. The first-order chi connectivity index (χ1) is 11.3. The summed E-state index contributed by atoms with van der Waals surface area (Å²) in [6, 6.07) is 11.7. The third-order valence-electron chi connectivity index (χ3n) is 3.47. The predicted molar refractivity (Wildman–Crippen MR) is 86.5 cm³/mol. The van der Waals surface area contributed by atoms with Crippen LogP contribution in [0.3, 0.4) is 0 Å². The van der Waals surface area contributed by atoms with E-state index in [1.807, 2.05) is 42.6 Å². The van der Waals surface area contributed by atoms with Crippen LogP contribution < -0.4 is 0 Å². The van der Waals surface area contributed by atoms with Crippen molar-refractivity contribution >= 4 is 11.0 Å². The van der Waals surface area contributed by atoms with Crippen LogP contribution in [0.15, 0.2) is 53.3 Å². The highest BCUT2D eigenvalue weighted by molar-refractivity contribution is 5.82. The van der Waals surface area contributed by atoms with Crippen LogP contribution in [-0.2, 0) is 0 Å². The number of H-pyrrole nitrogens is 1. The first kappa shape index (κ1) is 13.3. The number of nitrogens with zero attached hydrogens (tertiary/aromatic N) is 3. The maximum absolute atomic E-state index is 4.99. The summed E-state index contributed by atoms with van der Waals surface area (Å²) in [5, 5.41) is 4.93. The summed E-state index contributed by atoms with van der Waals surface area (Å²) >= 11 is 0. The molecule has 3 heterocycles. The molecular weight excluding hydrogens is 288 g/mol. The maximum Gasteiger partial charge on any atom is 0.223 e. The van der Waals surface area contributed by atoms with Gasteiger partial charge in [-0.15, -0.1) is 0 Å². The monoisotopic (exact) mass is 300 g/mol. The van der Waals surface area contributed by atoms with Gasteiger partial charge in [0.25, 0.3) is 0 Å². The molecule has 1 aromatic carbocycles. The van der Waals surface area contributed by atoms with Gasteiger partial charge in [0, 0.05) is 41.4 Å². The summed E-state index contributed by atoms with van der Waals surface area (Å²) in [6.07, 6.45) is 3.62. The quantitative estimate of drug-likeness (QED) is 0.548. The summed E-state index contributed by atoms with van der Waals surface area (Å²) in [6.45, 7) is 1.77. The summed E-state index contributed by atoms with van der Waals surface area (Å²) in [7, 11) is 0. The predicted octanol–water partition coefficient (Wildman–Crippen LogP) is 3.32. The highest BCUT2D eigenvalue weighted by atomic mass is 16.5. The summed E-state index contributed by atoms with van der Waals surface area (Å²) in [4.78, 5) is 11.6. The first-order valence-corrected chi connectivity index (χ1v) is 7.14. The molecule has 3 aromatic heterocycles. The van der Waals surface area contributed by atoms with Gasteiger partial charge in [-0.1, -0.05) is 17.0 Å². The number of nitrogens with one attached hydrogen (secondary N) is 1. The molecule has 1 N–H and O–H groups in total. The Morgan fingerprint density at radius 1 is 1.04 bits per heavy atom. The summed E-state index contributed by atoms with van der Waals surface area (Å²) < 4.78 is 4.99. The van der Waals surface area contributed by atoms with E-state index >= 15 is 0 Å². The van der Waals surface area contributed by atoms with Crippen LogP contribution in [0, 0.1) is 18.8 Å². The molecule has 0 unspecified atom stereocenters. The molecular formula is C18H12N4O. The summed E-state index contributed by atoms with van der Waals surface area (Å²) in [5.74, 6) is 7.51. The Labute approximate surface area is 132 Å². The van der Waals surface area contributed by atoms with Gasteiger partial charge in [0.1, 0.15) is 5.65 Å². The fraction of sp³-hybridized carbons (Fsp3) is 0.0556. The minimum atomic E-state index is 0.553. The number of aryl methyl sites for hydroxylation is 1. The van der Waals surface area contributed by atoms with Crippen LogP contribution in [0.5, 0.6) is 0 Å². The van der Waals surface area contributed by atoms with Gasteiger partial charge in [0.05, 0.1) is 0 Å². The van der Waals surface area contributed by atoms with Gasteiger partial charge in [-0.2, -0.15) is 4.98 Å². The number of aromatic amines is 1. The van der Waals surface area contributed by atoms with E-state index in [4.69, 9.17) is 4.52 Å². The molecule has 4 aromatic rings. The molecule has 0 aliphatic heterocycles. The number of hydrogen-bond donors (Lipinski definition) is 1. The third-order valence-corrected chi connectivity index (χ3v) is 3.47. The average molecular weight is 300 g/mol. The molecule has 0 saturated heterocycles. The van der Waals surface area contributed by atoms with E-state index in [9.17, 15) is 0 Å². The number of rotatable bonds is 1. The van der Waals surface area contributed by atoms with Gasteiger partial charge < -0.3 is 9.51 Å². The highest BCUT2D eigenvalue weighted by Crippen LogP contribution is 2.17. The minimum absolute atomic E-state index is 0.553. The van der Waals surface area contributed by atoms with Crippen molar-refractivity contribution in [3.63, 3.8) is 0 Å². The van der Waals surface area contributed by atoms with E-state index in [1.165, 1.54) is 0 Å². The zero-order valence-electron chi connectivity index (χ0n) is 12.4. The minimum Gasteiger partial charge on any atom is -0.346 e. The third kappa shape index (κ3) is 2.58. The van der Waals surface area contributed by atoms with Crippen LogP contribution in [0.2, 0.25) is 0 Å². The Morgan fingerprint density at radius 2 is 1.91 bits per heavy atom. The van der Waals surface area contributed by atoms with E-state index < -0.39 is 0 Å². The van der Waals surface area contributed by atoms with Gasteiger partial charge in [0.15, 0.2) is 0 Å². The van der Waals surface area contributed by atoms with Crippen molar-refractivity contribution in [2.75, 3.05) is 0 Å². The van der Waals surface area contributed by atoms with Crippen LogP contribution in [0.4, 0.5) is 0 Å². The maximum atomic E-state index is 4.99. The van der Waals surface area contributed by atoms with Crippen molar-refractivity contribution in [2.24, 2.45) is 0 Å². The molecule has 0 fully saturated rings. The topological polar surface area (TPSA) is 67.6 Å². The Balaban J connectivity index is 1.64. The van der Waals surface area contributed by atoms with Gasteiger partial charge in [-0.3, -0.25) is 0 Å². The Morgan fingerprint density at radius 3 is 2.70 bits per heavy atom. The fourth-order valence-electron chi connectivity index (χ4n) is 2.33. The average Bonchev–Trinajstić information content (AvgIpc) is 3.22. The molecule has 0 aliphatic rings. The van der Waals surface area contributed by atoms with E-state index in [2.05, 4.69) is 31.9 Å². The van der Waals surface area contributed by atoms with Gasteiger partial charge in [0.2, 0.25) is 11.7 Å². The van der Waals surface area contributed by atoms with E-state index in [-0.39, 0.29) is 0 Å². The van der Waals surface area contributed by atoms with E-state index in [0.717, 1.165) is 27.7 Å². The molecule has 0 saturated carbocycles. The normalized spacial score (nSPS) is 10.5. The van der Waals surface area contributed by atoms with E-state index in [0.29, 0.717) is 11.7 Å². The molecule has 0 amide bonds. The van der Waals surface area contributed by atoms with Crippen molar-refractivity contribution in [3.05, 3.63) is 65.8 Å². The number of benzene rings is 1. The molecule has 110 valence electrons. The summed E-state index contributed by atoms with van der Waals surface area (Å²) in [5.41, 5.74) is 3.63. The van der Waals surface area contributed by atoms with Crippen molar-refractivity contribution in [1.82, 2.24) is 20.1 Å². The largest absolute Gasteiger partial charge is 0.346 e. The lowest BCUT2D eigenvalue weighted by atomic mass is 10.1. The molecule has 0 radical (unpaired) electrons. The first-order valence-electron chi connectivity index (χ1n) is 7.14. The van der Waals surface area contributed by atoms with Gasteiger partial charge in [-0.05, 0) is 36.4 Å². The van der Waals surface area contributed by atoms with E-state index in [1.54, 1.807) is 13.1 Å². The Bertz CT molecular complexity index is 1030. The highest BCUT2D eigenvalue weighted by Gasteiger charge is 2.04. The number of hydrogen-bond acceptors (Lipinski definition) is 4. The molecule has 0 atom stereocenters. The van der Waals surface area contributed by atoms with Crippen LogP contribution >= 0.6 is 0 Å². The lowest BCUT2D eigenvalue weighted by Gasteiger charge is -1.95. The lowest BCUT2D eigenvalue weighted by molar-refractivity contribution is 0.394. The molecule has 5 heteroatoms. The molecule has 0 spiro atoms.